The predicted octanol–water partition coefficient (Wildman–Crippen LogP) is 5.74. The van der Waals surface area contributed by atoms with Crippen LogP contribution in [0.1, 0.15) is 16.7 Å². The third-order valence-electron chi connectivity index (χ3n) is 4.52. The van der Waals surface area contributed by atoms with Gasteiger partial charge >= 0.3 is 11.8 Å². The monoisotopic (exact) mass is 563 g/mol. The summed E-state index contributed by atoms with van der Waals surface area (Å²) in [7, 11) is 1.52. The first-order chi connectivity index (χ1) is 16.3. The first kappa shape index (κ1) is 25.6. The number of hydrogen-bond donors (Lipinski definition) is 2. The normalized spacial score (nSPS) is 10.7. The number of anilines is 1. The number of halogens is 3. The van der Waals surface area contributed by atoms with E-state index >= 15 is 0 Å². The van der Waals surface area contributed by atoms with E-state index in [1.165, 1.54) is 31.0 Å². The number of carbonyl (C=O) groups excluding carboxylic acids is 2. The summed E-state index contributed by atoms with van der Waals surface area (Å²) in [5.74, 6) is -0.916. The van der Waals surface area contributed by atoms with Crippen molar-refractivity contribution >= 4 is 62.8 Å². The van der Waals surface area contributed by atoms with Gasteiger partial charge in [-0.25, -0.2) is 5.43 Å². The van der Waals surface area contributed by atoms with Gasteiger partial charge in [0.05, 0.1) is 28.5 Å². The van der Waals surface area contributed by atoms with Crippen LogP contribution in [-0.4, -0.2) is 25.1 Å². The van der Waals surface area contributed by atoms with Crippen molar-refractivity contribution in [3.05, 3.63) is 85.8 Å². The molecule has 0 spiro atoms. The third kappa shape index (κ3) is 6.96. The van der Waals surface area contributed by atoms with Crippen molar-refractivity contribution in [2.75, 3.05) is 12.4 Å². The van der Waals surface area contributed by atoms with Crippen LogP contribution in [0.2, 0.25) is 10.0 Å². The average molecular weight is 565 g/mol. The number of ether oxygens (including phenoxy) is 2. The second kappa shape index (κ2) is 11.9. The Kier molecular flexibility index (Phi) is 8.92. The Hall–Kier alpha value is -3.07. The maximum absolute atomic E-state index is 12.1. The van der Waals surface area contributed by atoms with Crippen molar-refractivity contribution in [1.29, 1.82) is 0 Å². The molecule has 0 aliphatic carbocycles. The second-order valence-corrected chi connectivity index (χ2v) is 8.78. The summed E-state index contributed by atoms with van der Waals surface area (Å²) in [4.78, 5) is 24.1. The van der Waals surface area contributed by atoms with Gasteiger partial charge in [-0.15, -0.1) is 0 Å². The highest BCUT2D eigenvalue weighted by Crippen LogP contribution is 2.37. The highest BCUT2D eigenvalue weighted by Gasteiger charge is 2.15. The number of carbonyl (C=O) groups is 2. The molecule has 0 saturated heterocycles. The fourth-order valence-corrected chi connectivity index (χ4v) is 3.69. The molecular formula is C24H20BrCl2N3O4. The number of benzene rings is 3. The van der Waals surface area contributed by atoms with E-state index in [1.807, 2.05) is 31.2 Å². The van der Waals surface area contributed by atoms with Crippen molar-refractivity contribution in [3.63, 3.8) is 0 Å². The van der Waals surface area contributed by atoms with Gasteiger partial charge in [0.25, 0.3) is 0 Å². The van der Waals surface area contributed by atoms with Crippen LogP contribution in [0.25, 0.3) is 0 Å². The van der Waals surface area contributed by atoms with Crippen LogP contribution in [0.3, 0.4) is 0 Å². The molecule has 0 aliphatic heterocycles. The van der Waals surface area contributed by atoms with Gasteiger partial charge in [0.2, 0.25) is 0 Å². The number of aryl methyl sites for hydroxylation is 1. The Morgan fingerprint density at radius 3 is 2.50 bits per heavy atom. The summed E-state index contributed by atoms with van der Waals surface area (Å²) >= 11 is 15.3. The quantitative estimate of drug-likeness (QED) is 0.217. The summed E-state index contributed by atoms with van der Waals surface area (Å²) in [6.45, 7) is 2.39. The Labute approximate surface area is 215 Å². The van der Waals surface area contributed by atoms with E-state index in [-0.39, 0.29) is 10.7 Å². The largest absolute Gasteiger partial charge is 0.493 e. The zero-order chi connectivity index (χ0) is 24.7. The number of hydrazone groups is 1. The van der Waals surface area contributed by atoms with Crippen molar-refractivity contribution in [3.8, 4) is 11.5 Å². The first-order valence-electron chi connectivity index (χ1n) is 9.92. The van der Waals surface area contributed by atoms with Crippen molar-refractivity contribution in [2.45, 2.75) is 13.5 Å². The van der Waals surface area contributed by atoms with Gasteiger partial charge in [0, 0.05) is 5.02 Å². The van der Waals surface area contributed by atoms with Gasteiger partial charge < -0.3 is 14.8 Å². The zero-order valence-corrected chi connectivity index (χ0v) is 21.3. The van der Waals surface area contributed by atoms with Crippen molar-refractivity contribution < 1.29 is 19.1 Å². The molecule has 0 atom stereocenters. The molecule has 0 aromatic heterocycles. The maximum atomic E-state index is 12.1. The highest BCUT2D eigenvalue weighted by atomic mass is 79.9. The van der Waals surface area contributed by atoms with Crippen LogP contribution >= 0.6 is 39.1 Å². The molecule has 2 N–H and O–H groups in total. The van der Waals surface area contributed by atoms with Gasteiger partial charge in [0.15, 0.2) is 11.5 Å². The third-order valence-corrected chi connectivity index (χ3v) is 5.67. The molecule has 0 fully saturated rings. The van der Waals surface area contributed by atoms with Gasteiger partial charge in [0.1, 0.15) is 6.61 Å². The van der Waals surface area contributed by atoms with Crippen LogP contribution in [0.5, 0.6) is 11.5 Å². The molecule has 0 saturated carbocycles. The van der Waals surface area contributed by atoms with E-state index in [1.54, 1.807) is 18.2 Å². The van der Waals surface area contributed by atoms with Crippen LogP contribution in [0, 0.1) is 6.92 Å². The van der Waals surface area contributed by atoms with Crippen LogP contribution in [-0.2, 0) is 16.2 Å². The highest BCUT2D eigenvalue weighted by molar-refractivity contribution is 9.10. The minimum absolute atomic E-state index is 0.216. The molecule has 176 valence electrons. The van der Waals surface area contributed by atoms with Crippen LogP contribution in [0.4, 0.5) is 5.69 Å². The summed E-state index contributed by atoms with van der Waals surface area (Å²) < 4.78 is 12.0. The minimum atomic E-state index is -0.976. The lowest BCUT2D eigenvalue weighted by Crippen LogP contribution is -2.32. The zero-order valence-electron chi connectivity index (χ0n) is 18.2. The van der Waals surface area contributed by atoms with E-state index in [2.05, 4.69) is 31.8 Å². The van der Waals surface area contributed by atoms with E-state index in [0.29, 0.717) is 33.2 Å². The maximum Gasteiger partial charge on any atom is 0.329 e. The van der Waals surface area contributed by atoms with Gasteiger partial charge in [-0.2, -0.15) is 5.10 Å². The molecule has 0 heterocycles. The first-order valence-corrected chi connectivity index (χ1v) is 11.5. The van der Waals surface area contributed by atoms with Crippen molar-refractivity contribution in [1.82, 2.24) is 5.43 Å². The van der Waals surface area contributed by atoms with Crippen LogP contribution in [0.15, 0.2) is 64.2 Å². The number of nitrogens with zero attached hydrogens (tertiary/aromatic N) is 1. The minimum Gasteiger partial charge on any atom is -0.493 e. The van der Waals surface area contributed by atoms with Gasteiger partial charge in [-0.3, -0.25) is 9.59 Å². The molecule has 3 aromatic carbocycles. The summed E-state index contributed by atoms with van der Waals surface area (Å²) in [6, 6.07) is 16.0. The molecular weight excluding hydrogens is 545 g/mol. The lowest BCUT2D eigenvalue weighted by molar-refractivity contribution is -0.136. The fraction of sp³-hybridized carbons (Fsp3) is 0.125. The molecule has 2 amide bonds. The molecule has 7 nitrogen and oxygen atoms in total. The topological polar surface area (TPSA) is 89.0 Å². The Bertz CT molecular complexity index is 1230. The number of nitrogens with one attached hydrogen (secondary N) is 2. The second-order valence-electron chi connectivity index (χ2n) is 7.09. The number of amides is 2. The number of hydrogen-bond acceptors (Lipinski definition) is 5. The Morgan fingerprint density at radius 1 is 1.06 bits per heavy atom. The molecule has 10 heteroatoms. The van der Waals surface area contributed by atoms with Crippen LogP contribution < -0.4 is 20.2 Å². The van der Waals surface area contributed by atoms with E-state index in [4.69, 9.17) is 32.7 Å². The molecule has 0 aliphatic rings. The molecule has 0 unspecified atom stereocenters. The van der Waals surface area contributed by atoms with Gasteiger partial charge in [-0.1, -0.05) is 53.0 Å². The summed E-state index contributed by atoms with van der Waals surface area (Å²) in [5, 5.41) is 6.82. The lowest BCUT2D eigenvalue weighted by Gasteiger charge is -2.13. The molecule has 34 heavy (non-hydrogen) atoms. The summed E-state index contributed by atoms with van der Waals surface area (Å²) in [5.41, 5.74) is 5.17. The number of methoxy groups -OCH3 is 1. The fourth-order valence-electron chi connectivity index (χ4n) is 2.78. The van der Waals surface area contributed by atoms with Gasteiger partial charge in [-0.05, 0) is 64.3 Å². The summed E-state index contributed by atoms with van der Waals surface area (Å²) in [6.07, 6.45) is 1.37. The Balaban J connectivity index is 1.63. The smallest absolute Gasteiger partial charge is 0.329 e. The van der Waals surface area contributed by atoms with E-state index < -0.39 is 11.8 Å². The number of rotatable bonds is 7. The SMILES string of the molecule is COc1cc(/C=N/NC(=O)C(=O)Nc2cc(Cl)ccc2Cl)cc(Br)c1OCc1ccc(C)cc1. The standard InChI is InChI=1S/C24H20BrCl2N3O4/c1-14-3-5-15(6-4-14)13-34-22-18(25)9-16(10-21(22)33-2)12-28-30-24(32)23(31)29-20-11-17(26)7-8-19(20)27/h3-12H,13H2,1-2H3,(H,29,31)(H,30,32)/b28-12+. The molecule has 0 bridgehead atoms. The van der Waals surface area contributed by atoms with E-state index in [0.717, 1.165) is 5.56 Å². The molecule has 0 radical (unpaired) electrons. The molecule has 3 aromatic rings. The molecule has 3 rings (SSSR count). The van der Waals surface area contributed by atoms with E-state index in [9.17, 15) is 9.59 Å². The van der Waals surface area contributed by atoms with Crippen molar-refractivity contribution in [2.24, 2.45) is 5.10 Å². The lowest BCUT2D eigenvalue weighted by atomic mass is 10.2. The Morgan fingerprint density at radius 2 is 1.79 bits per heavy atom. The predicted molar refractivity (Wildman–Crippen MR) is 137 cm³/mol. The average Bonchev–Trinajstić information content (AvgIpc) is 2.81.